The molecule has 0 saturated carbocycles. The summed E-state index contributed by atoms with van der Waals surface area (Å²) in [4.78, 5) is 8.56. The minimum atomic E-state index is -4.42. The van der Waals surface area contributed by atoms with Crippen LogP contribution in [0.4, 0.5) is 30.4 Å². The van der Waals surface area contributed by atoms with Crippen LogP contribution in [0.25, 0.3) is 0 Å². The number of fused-ring (bicyclic) bond motifs is 5. The predicted octanol–water partition coefficient (Wildman–Crippen LogP) is 6.11. The van der Waals surface area contributed by atoms with Gasteiger partial charge in [0.1, 0.15) is 6.17 Å². The number of alkyl halides is 3. The molecule has 6 heteroatoms. The van der Waals surface area contributed by atoms with E-state index in [-0.39, 0.29) is 23.0 Å². The van der Waals surface area contributed by atoms with Crippen LogP contribution >= 0.6 is 0 Å². The highest BCUT2D eigenvalue weighted by molar-refractivity contribution is 5.85. The Bertz CT molecular complexity index is 931. The molecule has 4 rings (SSSR count). The summed E-state index contributed by atoms with van der Waals surface area (Å²) in [5.41, 5.74) is 1.64. The van der Waals surface area contributed by atoms with E-state index in [9.17, 15) is 13.2 Å². The first-order valence-corrected chi connectivity index (χ1v) is 9.63. The number of rotatable bonds is 1. The molecule has 150 valence electrons. The van der Waals surface area contributed by atoms with Crippen molar-refractivity contribution in [3.05, 3.63) is 47.7 Å². The molecule has 3 heterocycles. The molecular weight excluding hydrogens is 363 g/mol. The van der Waals surface area contributed by atoms with E-state index >= 15 is 0 Å². The van der Waals surface area contributed by atoms with Gasteiger partial charge in [0.2, 0.25) is 0 Å². The van der Waals surface area contributed by atoms with Crippen LogP contribution in [0.15, 0.2) is 36.5 Å². The van der Waals surface area contributed by atoms with Gasteiger partial charge in [-0.25, -0.2) is 4.98 Å². The third kappa shape index (κ3) is 2.32. The average molecular weight is 389 g/mol. The second kappa shape index (κ2) is 5.65. The van der Waals surface area contributed by atoms with Gasteiger partial charge in [0.05, 0.1) is 11.3 Å². The molecule has 0 aliphatic carbocycles. The van der Waals surface area contributed by atoms with Crippen molar-refractivity contribution in [1.29, 1.82) is 0 Å². The molecule has 1 aromatic carbocycles. The Labute approximate surface area is 164 Å². The number of pyridine rings is 1. The van der Waals surface area contributed by atoms with Crippen LogP contribution in [0.5, 0.6) is 0 Å². The lowest BCUT2D eigenvalue weighted by Gasteiger charge is -2.57. The highest BCUT2D eigenvalue weighted by atomic mass is 19.4. The van der Waals surface area contributed by atoms with Crippen molar-refractivity contribution in [2.24, 2.45) is 5.41 Å². The minimum Gasteiger partial charge on any atom is -0.345 e. The zero-order chi connectivity index (χ0) is 20.6. The normalized spacial score (nSPS) is 22.1. The lowest BCUT2D eigenvalue weighted by molar-refractivity contribution is -0.137. The molecule has 1 aromatic heterocycles. The van der Waals surface area contributed by atoms with Gasteiger partial charge in [0.15, 0.2) is 5.82 Å². The molecule has 0 N–H and O–H groups in total. The van der Waals surface area contributed by atoms with E-state index in [4.69, 9.17) is 0 Å². The van der Waals surface area contributed by atoms with Crippen LogP contribution in [0.1, 0.15) is 52.7 Å². The molecule has 0 fully saturated rings. The van der Waals surface area contributed by atoms with Crippen LogP contribution in [0, 0.1) is 5.41 Å². The molecule has 2 aromatic rings. The predicted molar refractivity (Wildman–Crippen MR) is 106 cm³/mol. The average Bonchev–Trinajstić information content (AvgIpc) is 2.95. The summed E-state index contributed by atoms with van der Waals surface area (Å²) in [6.07, 6.45) is -3.58. The summed E-state index contributed by atoms with van der Waals surface area (Å²) >= 11 is 0. The monoisotopic (exact) mass is 389 g/mol. The smallest absolute Gasteiger partial charge is 0.345 e. The molecule has 2 aliphatic heterocycles. The summed E-state index contributed by atoms with van der Waals surface area (Å²) in [7, 11) is 0. The Balaban J connectivity index is 2.03. The van der Waals surface area contributed by atoms with E-state index in [2.05, 4.69) is 48.5 Å². The maximum absolute atomic E-state index is 13.4. The Kier molecular flexibility index (Phi) is 3.85. The molecule has 1 unspecified atom stereocenters. The lowest BCUT2D eigenvalue weighted by atomic mass is 9.59. The topological polar surface area (TPSA) is 19.4 Å². The van der Waals surface area contributed by atoms with E-state index in [0.29, 0.717) is 11.5 Å². The molecular formula is C22H26F3N3. The second-order valence-corrected chi connectivity index (χ2v) is 9.17. The van der Waals surface area contributed by atoms with Crippen molar-refractivity contribution < 1.29 is 13.2 Å². The summed E-state index contributed by atoms with van der Waals surface area (Å²) in [6, 6.07) is 9.45. The fourth-order valence-electron chi connectivity index (χ4n) is 4.71. The van der Waals surface area contributed by atoms with E-state index in [0.717, 1.165) is 11.9 Å². The molecule has 0 radical (unpaired) electrons. The summed E-state index contributed by atoms with van der Waals surface area (Å²) in [5, 5.41) is 0. The molecule has 0 saturated heterocycles. The standard InChI is InChI=1S/C22H26F3N3/c1-13(2)27-17-11-14(22(23,24)25)12-26-18(17)28-16-10-8-7-9-15(16)20(3,4)21(5,6)19(27)28/h7-13,19H,1-6H3. The summed E-state index contributed by atoms with van der Waals surface area (Å²) in [5.74, 6) is 0.600. The van der Waals surface area contributed by atoms with Gasteiger partial charge in [-0.05, 0) is 31.5 Å². The maximum Gasteiger partial charge on any atom is 0.417 e. The van der Waals surface area contributed by atoms with E-state index in [1.807, 2.05) is 32.0 Å². The van der Waals surface area contributed by atoms with Gasteiger partial charge < -0.3 is 9.80 Å². The van der Waals surface area contributed by atoms with E-state index in [1.54, 1.807) is 0 Å². The van der Waals surface area contributed by atoms with Crippen molar-refractivity contribution in [2.75, 3.05) is 9.80 Å². The van der Waals surface area contributed by atoms with Crippen LogP contribution in [-0.4, -0.2) is 17.2 Å². The molecule has 3 nitrogen and oxygen atoms in total. The first-order valence-electron chi connectivity index (χ1n) is 9.63. The van der Waals surface area contributed by atoms with Crippen LogP contribution < -0.4 is 9.80 Å². The first-order chi connectivity index (χ1) is 12.9. The maximum atomic E-state index is 13.4. The summed E-state index contributed by atoms with van der Waals surface area (Å²) < 4.78 is 40.2. The first kappa shape index (κ1) is 19.1. The van der Waals surface area contributed by atoms with Crippen molar-refractivity contribution in [2.45, 2.75) is 65.3 Å². The Morgan fingerprint density at radius 1 is 1.04 bits per heavy atom. The summed E-state index contributed by atoms with van der Waals surface area (Å²) in [6.45, 7) is 12.9. The van der Waals surface area contributed by atoms with Crippen molar-refractivity contribution in [3.8, 4) is 0 Å². The number of para-hydroxylation sites is 1. The third-order valence-electron chi connectivity index (χ3n) is 6.84. The number of halogens is 3. The molecule has 28 heavy (non-hydrogen) atoms. The fraction of sp³-hybridized carbons (Fsp3) is 0.500. The fourth-order valence-corrected chi connectivity index (χ4v) is 4.71. The van der Waals surface area contributed by atoms with Crippen LogP contribution in [0.2, 0.25) is 0 Å². The second-order valence-electron chi connectivity index (χ2n) is 9.17. The largest absolute Gasteiger partial charge is 0.417 e. The molecule has 1 atom stereocenters. The zero-order valence-corrected chi connectivity index (χ0v) is 17.1. The van der Waals surface area contributed by atoms with Gasteiger partial charge >= 0.3 is 6.18 Å². The number of nitrogens with zero attached hydrogens (tertiary/aromatic N) is 3. The van der Waals surface area contributed by atoms with Crippen LogP contribution in [-0.2, 0) is 11.6 Å². The molecule has 2 aliphatic rings. The van der Waals surface area contributed by atoms with Crippen LogP contribution in [0.3, 0.4) is 0 Å². The molecule has 0 amide bonds. The van der Waals surface area contributed by atoms with Gasteiger partial charge in [-0.1, -0.05) is 45.9 Å². The van der Waals surface area contributed by atoms with Gasteiger partial charge in [-0.2, -0.15) is 13.2 Å². The Morgan fingerprint density at radius 2 is 1.68 bits per heavy atom. The lowest BCUT2D eigenvalue weighted by Crippen LogP contribution is -2.62. The van der Waals surface area contributed by atoms with Crippen molar-refractivity contribution >= 4 is 17.2 Å². The van der Waals surface area contributed by atoms with Crippen molar-refractivity contribution in [1.82, 2.24) is 4.98 Å². The van der Waals surface area contributed by atoms with Gasteiger partial charge in [0, 0.05) is 28.8 Å². The Hall–Kier alpha value is -2.24. The molecule has 0 spiro atoms. The molecule has 0 bridgehead atoms. The van der Waals surface area contributed by atoms with Gasteiger partial charge in [-0.3, -0.25) is 0 Å². The highest BCUT2D eigenvalue weighted by Gasteiger charge is 2.58. The van der Waals surface area contributed by atoms with Crippen molar-refractivity contribution in [3.63, 3.8) is 0 Å². The third-order valence-corrected chi connectivity index (χ3v) is 6.84. The number of benzene rings is 1. The highest BCUT2D eigenvalue weighted by Crippen LogP contribution is 2.60. The zero-order valence-electron chi connectivity index (χ0n) is 17.1. The number of hydrogen-bond acceptors (Lipinski definition) is 3. The number of anilines is 3. The number of hydrogen-bond donors (Lipinski definition) is 0. The van der Waals surface area contributed by atoms with E-state index in [1.165, 1.54) is 11.6 Å². The van der Waals surface area contributed by atoms with Gasteiger partial charge in [0.25, 0.3) is 0 Å². The quantitative estimate of drug-likeness (QED) is 0.586. The van der Waals surface area contributed by atoms with Gasteiger partial charge in [-0.15, -0.1) is 0 Å². The van der Waals surface area contributed by atoms with E-state index < -0.39 is 11.7 Å². The Morgan fingerprint density at radius 3 is 2.29 bits per heavy atom. The number of aromatic nitrogens is 1. The minimum absolute atomic E-state index is 0.0272. The SMILES string of the molecule is CC(C)N1c2cc(C(F)(F)F)cnc2N2c3ccccc3C(C)(C)C(C)(C)C21.